The van der Waals surface area contributed by atoms with Gasteiger partial charge in [-0.15, -0.1) is 0 Å². The van der Waals surface area contributed by atoms with Gasteiger partial charge >= 0.3 is 89.4 Å². The van der Waals surface area contributed by atoms with Crippen molar-refractivity contribution < 1.29 is 0 Å². The van der Waals surface area contributed by atoms with Gasteiger partial charge in [-0.3, -0.25) is 0 Å². The zero-order valence-corrected chi connectivity index (χ0v) is 12.8. The van der Waals surface area contributed by atoms with Crippen LogP contribution < -0.4 is 0 Å². The van der Waals surface area contributed by atoms with Crippen molar-refractivity contribution in [2.75, 3.05) is 27.2 Å². The summed E-state index contributed by atoms with van der Waals surface area (Å²) in [4.78, 5) is 2.27. The second kappa shape index (κ2) is 5.44. The van der Waals surface area contributed by atoms with Gasteiger partial charge in [0.15, 0.2) is 0 Å². The van der Waals surface area contributed by atoms with E-state index >= 15 is 0 Å². The first-order chi connectivity index (χ1) is 5.75. The van der Waals surface area contributed by atoms with Crippen LogP contribution in [0, 0.1) is 0 Å². The minimum absolute atomic E-state index is 0.365. The van der Waals surface area contributed by atoms with Crippen molar-refractivity contribution in [1.82, 2.24) is 8.51 Å². The first-order valence-electron chi connectivity index (χ1n) is 5.16. The molecule has 0 fully saturated rings. The quantitative estimate of drug-likeness (QED) is 0.696. The molecule has 0 aliphatic heterocycles. The predicted octanol–water partition coefficient (Wildman–Crippen LogP) is 1.90. The van der Waals surface area contributed by atoms with Gasteiger partial charge in [-0.25, -0.2) is 0 Å². The second-order valence-corrected chi connectivity index (χ2v) is 11.2. The topological polar surface area (TPSA) is 6.48 Å². The average Bonchev–Trinajstić information content (AvgIpc) is 1.81. The van der Waals surface area contributed by atoms with Crippen molar-refractivity contribution in [3.05, 3.63) is 0 Å². The molecule has 0 aromatic carbocycles. The molecule has 0 heterocycles. The molecule has 13 heavy (non-hydrogen) atoms. The molecular weight excluding hydrogens is 218 g/mol. The van der Waals surface area contributed by atoms with Crippen molar-refractivity contribution in [3.8, 4) is 0 Å². The van der Waals surface area contributed by atoms with Crippen LogP contribution in [-0.2, 0) is 0 Å². The standard InChI is InChI=1S/C8H19N2.2CH3.Ga/c1-8(2,3)9-6-7-10(4)5;;;/h6-7H2,1-5H3;2*1H3;/q-1;;;+1. The van der Waals surface area contributed by atoms with E-state index < -0.39 is 16.5 Å². The van der Waals surface area contributed by atoms with Crippen LogP contribution in [0.15, 0.2) is 0 Å². The first-order valence-corrected chi connectivity index (χ1v) is 11.1. The Hall–Kier alpha value is 0.556. The fourth-order valence-corrected chi connectivity index (χ4v) is 6.25. The zero-order chi connectivity index (χ0) is 10.6. The van der Waals surface area contributed by atoms with E-state index in [0.717, 1.165) is 0 Å². The van der Waals surface area contributed by atoms with Crippen molar-refractivity contribution in [2.24, 2.45) is 0 Å². The molecule has 0 unspecified atom stereocenters. The first kappa shape index (κ1) is 13.6. The molecule has 0 rings (SSSR count). The monoisotopic (exact) mass is 242 g/mol. The van der Waals surface area contributed by atoms with Crippen molar-refractivity contribution >= 4 is 16.5 Å². The van der Waals surface area contributed by atoms with Gasteiger partial charge in [-0.2, -0.15) is 0 Å². The van der Waals surface area contributed by atoms with Gasteiger partial charge in [0.05, 0.1) is 0 Å². The van der Waals surface area contributed by atoms with E-state index in [2.05, 4.69) is 54.3 Å². The third-order valence-electron chi connectivity index (χ3n) is 2.27. The van der Waals surface area contributed by atoms with Crippen molar-refractivity contribution in [3.63, 3.8) is 0 Å². The zero-order valence-electron chi connectivity index (χ0n) is 10.4. The fraction of sp³-hybridized carbons (Fsp3) is 1.00. The van der Waals surface area contributed by atoms with Crippen molar-refractivity contribution in [1.29, 1.82) is 0 Å². The second-order valence-electron chi connectivity index (χ2n) is 5.26. The number of likely N-dealkylation sites (N-methyl/N-ethyl adjacent to an activating group) is 1. The molecule has 0 saturated carbocycles. The maximum atomic E-state index is 2.72. The Morgan fingerprint density at radius 3 is 1.69 bits per heavy atom. The van der Waals surface area contributed by atoms with E-state index in [9.17, 15) is 0 Å². The molecule has 0 N–H and O–H groups in total. The maximum absolute atomic E-state index is 2.72. The van der Waals surface area contributed by atoms with Gasteiger partial charge < -0.3 is 0 Å². The minimum atomic E-state index is -1.11. The third kappa shape index (κ3) is 5.78. The Balaban J connectivity index is 4.12. The molecule has 0 radical (unpaired) electrons. The van der Waals surface area contributed by atoms with Gasteiger partial charge in [-0.1, -0.05) is 0 Å². The number of hydrogen-bond donors (Lipinski definition) is 0. The summed E-state index contributed by atoms with van der Waals surface area (Å²) in [7, 11) is 4.29. The number of nitrogens with zero attached hydrogens (tertiary/aromatic N) is 2. The summed E-state index contributed by atoms with van der Waals surface area (Å²) in [6.45, 7) is 9.39. The van der Waals surface area contributed by atoms with Crippen LogP contribution in [0.2, 0.25) is 11.0 Å². The van der Waals surface area contributed by atoms with Gasteiger partial charge in [0.25, 0.3) is 0 Å². The Labute approximate surface area is 89.6 Å². The van der Waals surface area contributed by atoms with Crippen LogP contribution in [0.1, 0.15) is 20.8 Å². The summed E-state index contributed by atoms with van der Waals surface area (Å²) in [5, 5.41) is 0. The molecule has 3 heteroatoms. The van der Waals surface area contributed by atoms with E-state index in [1.165, 1.54) is 13.1 Å². The van der Waals surface area contributed by atoms with Crippen LogP contribution in [0.5, 0.6) is 0 Å². The Kier molecular flexibility index (Phi) is 5.67. The SMILES string of the molecule is CN(C)CC[N]([Ga]([CH3])[CH3])C(C)(C)C. The summed E-state index contributed by atoms with van der Waals surface area (Å²) in [5.74, 6) is 0. The summed E-state index contributed by atoms with van der Waals surface area (Å²) < 4.78 is 2.72. The Morgan fingerprint density at radius 2 is 1.46 bits per heavy atom. The van der Waals surface area contributed by atoms with Crippen molar-refractivity contribution in [2.45, 2.75) is 37.3 Å². The molecule has 0 aliphatic rings. The van der Waals surface area contributed by atoms with Gasteiger partial charge in [0.1, 0.15) is 0 Å². The fourth-order valence-electron chi connectivity index (χ4n) is 1.68. The molecule has 2 nitrogen and oxygen atoms in total. The molecule has 0 spiro atoms. The van der Waals surface area contributed by atoms with E-state index in [0.29, 0.717) is 5.54 Å². The van der Waals surface area contributed by atoms with Crippen LogP contribution in [-0.4, -0.2) is 57.7 Å². The van der Waals surface area contributed by atoms with Crippen LogP contribution in [0.4, 0.5) is 0 Å². The molecule has 0 aromatic rings. The van der Waals surface area contributed by atoms with E-state index in [1.807, 2.05) is 0 Å². The van der Waals surface area contributed by atoms with E-state index in [-0.39, 0.29) is 0 Å². The van der Waals surface area contributed by atoms with E-state index in [1.54, 1.807) is 0 Å². The predicted molar refractivity (Wildman–Crippen MR) is 62.5 cm³/mol. The van der Waals surface area contributed by atoms with Crippen LogP contribution in [0.25, 0.3) is 0 Å². The molecular formula is C10H25GaN2. The normalized spacial score (nSPS) is 12.7. The third-order valence-corrected chi connectivity index (χ3v) is 7.06. The Bertz CT molecular complexity index is 138. The summed E-state index contributed by atoms with van der Waals surface area (Å²) in [5.41, 5.74) is 5.27. The molecule has 0 aromatic heterocycles. The average molecular weight is 243 g/mol. The number of rotatable bonds is 4. The number of hydrogen-bond acceptors (Lipinski definition) is 2. The summed E-state index contributed by atoms with van der Waals surface area (Å²) in [6, 6.07) is 0. The Morgan fingerprint density at radius 1 is 1.00 bits per heavy atom. The van der Waals surface area contributed by atoms with Crippen LogP contribution >= 0.6 is 0 Å². The van der Waals surface area contributed by atoms with Gasteiger partial charge in [0.2, 0.25) is 0 Å². The molecule has 78 valence electrons. The summed E-state index contributed by atoms with van der Waals surface area (Å²) >= 11 is -1.11. The molecule has 0 atom stereocenters. The molecule has 0 bridgehead atoms. The molecule has 0 aliphatic carbocycles. The van der Waals surface area contributed by atoms with Crippen LogP contribution in [0.3, 0.4) is 0 Å². The van der Waals surface area contributed by atoms with Gasteiger partial charge in [0, 0.05) is 0 Å². The molecule has 0 amide bonds. The molecule has 0 saturated heterocycles. The summed E-state index contributed by atoms with van der Waals surface area (Å²) in [6.07, 6.45) is 0. The van der Waals surface area contributed by atoms with Gasteiger partial charge in [-0.05, 0) is 0 Å². The van der Waals surface area contributed by atoms with E-state index in [4.69, 9.17) is 0 Å².